The Balaban J connectivity index is 2.64. The Bertz CT molecular complexity index is 260. The summed E-state index contributed by atoms with van der Waals surface area (Å²) in [5, 5.41) is 10.8. The number of rotatable bonds is 4. The van der Waals surface area contributed by atoms with E-state index in [1.54, 1.807) is 6.20 Å². The molecule has 5 heteroatoms. The van der Waals surface area contributed by atoms with E-state index in [4.69, 9.17) is 5.84 Å². The predicted molar refractivity (Wildman–Crippen MR) is 53.2 cm³/mol. The first-order valence-electron chi connectivity index (χ1n) is 4.26. The number of anilines is 2. The van der Waals surface area contributed by atoms with Gasteiger partial charge in [0.1, 0.15) is 0 Å². The van der Waals surface area contributed by atoms with Crippen LogP contribution >= 0.6 is 0 Å². The van der Waals surface area contributed by atoms with E-state index in [9.17, 15) is 0 Å². The van der Waals surface area contributed by atoms with Crippen molar-refractivity contribution in [1.29, 1.82) is 0 Å². The van der Waals surface area contributed by atoms with Crippen LogP contribution in [0, 0.1) is 5.92 Å². The topological polar surface area (TPSA) is 75.9 Å². The predicted octanol–water partition coefficient (Wildman–Crippen LogP) is 0.830. The molecular formula is C8H15N5. The molecule has 1 aromatic heterocycles. The highest BCUT2D eigenvalue weighted by Gasteiger charge is 2.01. The fourth-order valence-corrected chi connectivity index (χ4v) is 0.895. The van der Waals surface area contributed by atoms with Gasteiger partial charge in [-0.05, 0) is 12.0 Å². The maximum Gasteiger partial charge on any atom is 0.186 e. The molecule has 0 fully saturated rings. The van der Waals surface area contributed by atoms with E-state index in [0.29, 0.717) is 11.7 Å². The largest absolute Gasteiger partial charge is 0.382 e. The van der Waals surface area contributed by atoms with E-state index in [1.165, 1.54) is 0 Å². The third-order valence-corrected chi connectivity index (χ3v) is 1.56. The summed E-state index contributed by atoms with van der Waals surface area (Å²) in [6.07, 6.45) is 1.63. The zero-order valence-corrected chi connectivity index (χ0v) is 7.91. The Morgan fingerprint density at radius 3 is 2.92 bits per heavy atom. The van der Waals surface area contributed by atoms with Crippen LogP contribution in [0.3, 0.4) is 0 Å². The van der Waals surface area contributed by atoms with Crippen molar-refractivity contribution in [2.75, 3.05) is 17.3 Å². The van der Waals surface area contributed by atoms with Gasteiger partial charge in [-0.25, -0.2) is 5.84 Å². The number of nitrogens with two attached hydrogens (primary N) is 1. The number of hydrazine groups is 1. The second-order valence-electron chi connectivity index (χ2n) is 3.21. The number of nitrogen functional groups attached to an aromatic ring is 1. The molecule has 1 rings (SSSR count). The van der Waals surface area contributed by atoms with Crippen molar-refractivity contribution in [3.8, 4) is 0 Å². The van der Waals surface area contributed by atoms with E-state index >= 15 is 0 Å². The molecule has 5 nitrogen and oxygen atoms in total. The molecule has 13 heavy (non-hydrogen) atoms. The number of hydrogen-bond donors (Lipinski definition) is 3. The highest BCUT2D eigenvalue weighted by atomic mass is 15.3. The van der Waals surface area contributed by atoms with Crippen molar-refractivity contribution < 1.29 is 0 Å². The first kappa shape index (κ1) is 9.73. The molecule has 0 saturated heterocycles. The van der Waals surface area contributed by atoms with Crippen molar-refractivity contribution in [3.05, 3.63) is 12.3 Å². The summed E-state index contributed by atoms with van der Waals surface area (Å²) in [6, 6.07) is 1.84. The fraction of sp³-hybridized carbons (Fsp3) is 0.500. The Morgan fingerprint density at radius 1 is 1.54 bits per heavy atom. The smallest absolute Gasteiger partial charge is 0.186 e. The number of aromatic nitrogens is 2. The third-order valence-electron chi connectivity index (χ3n) is 1.56. The molecule has 72 valence electrons. The molecule has 1 heterocycles. The van der Waals surface area contributed by atoms with Crippen LogP contribution in [0.1, 0.15) is 13.8 Å². The average Bonchev–Trinajstić information content (AvgIpc) is 2.15. The molecular weight excluding hydrogens is 166 g/mol. The number of hydrogen-bond acceptors (Lipinski definition) is 5. The van der Waals surface area contributed by atoms with Gasteiger partial charge in [-0.1, -0.05) is 13.8 Å². The van der Waals surface area contributed by atoms with Crippen LogP contribution in [-0.4, -0.2) is 16.7 Å². The van der Waals surface area contributed by atoms with Gasteiger partial charge in [0.25, 0.3) is 0 Å². The van der Waals surface area contributed by atoms with Crippen LogP contribution in [0.5, 0.6) is 0 Å². The molecule has 0 aliphatic heterocycles. The summed E-state index contributed by atoms with van der Waals surface area (Å²) in [5.74, 6) is 6.42. The number of nitrogens with one attached hydrogen (secondary N) is 2. The van der Waals surface area contributed by atoms with Gasteiger partial charge in [-0.15, -0.1) is 5.10 Å². The minimum Gasteiger partial charge on any atom is -0.382 e. The molecule has 0 aromatic carbocycles. The molecule has 0 atom stereocenters. The van der Waals surface area contributed by atoms with E-state index in [0.717, 1.165) is 12.2 Å². The lowest BCUT2D eigenvalue weighted by Gasteiger charge is -2.10. The maximum absolute atomic E-state index is 5.26. The standard InChI is InChI=1S/C8H15N5/c1-6(2)5-10-7-3-4-11-13-8(7)12-9/h3-4,6H,5,9H2,1-2H3,(H,10,11)(H,12,13). The summed E-state index contributed by atoms with van der Waals surface area (Å²) in [7, 11) is 0. The van der Waals surface area contributed by atoms with Crippen LogP contribution in [0.2, 0.25) is 0 Å². The quantitative estimate of drug-likeness (QED) is 0.474. The second kappa shape index (κ2) is 4.61. The van der Waals surface area contributed by atoms with Crippen molar-refractivity contribution in [2.45, 2.75) is 13.8 Å². The van der Waals surface area contributed by atoms with Crippen molar-refractivity contribution in [3.63, 3.8) is 0 Å². The Labute approximate surface area is 77.7 Å². The van der Waals surface area contributed by atoms with E-state index in [1.807, 2.05) is 6.07 Å². The van der Waals surface area contributed by atoms with E-state index in [2.05, 4.69) is 34.8 Å². The van der Waals surface area contributed by atoms with Gasteiger partial charge in [0.05, 0.1) is 11.9 Å². The lowest BCUT2D eigenvalue weighted by molar-refractivity contribution is 0.688. The van der Waals surface area contributed by atoms with Crippen LogP contribution in [-0.2, 0) is 0 Å². The summed E-state index contributed by atoms with van der Waals surface area (Å²) in [5.41, 5.74) is 3.36. The summed E-state index contributed by atoms with van der Waals surface area (Å²) in [6.45, 7) is 5.16. The molecule has 0 unspecified atom stereocenters. The van der Waals surface area contributed by atoms with Gasteiger partial charge in [-0.2, -0.15) is 5.10 Å². The van der Waals surface area contributed by atoms with Gasteiger partial charge >= 0.3 is 0 Å². The molecule has 1 aromatic rings. The van der Waals surface area contributed by atoms with Crippen LogP contribution in [0.4, 0.5) is 11.5 Å². The molecule has 0 amide bonds. The van der Waals surface area contributed by atoms with Crippen LogP contribution in [0.15, 0.2) is 12.3 Å². The van der Waals surface area contributed by atoms with E-state index in [-0.39, 0.29) is 0 Å². The van der Waals surface area contributed by atoms with Crippen molar-refractivity contribution in [1.82, 2.24) is 10.2 Å². The minimum absolute atomic E-state index is 0.572. The minimum atomic E-state index is 0.572. The maximum atomic E-state index is 5.26. The molecule has 0 bridgehead atoms. The summed E-state index contributed by atoms with van der Waals surface area (Å²) < 4.78 is 0. The first-order valence-corrected chi connectivity index (χ1v) is 4.26. The average molecular weight is 181 g/mol. The van der Waals surface area contributed by atoms with Gasteiger partial charge in [0, 0.05) is 6.54 Å². The molecule has 0 aliphatic rings. The Kier molecular flexibility index (Phi) is 3.45. The van der Waals surface area contributed by atoms with Gasteiger partial charge in [-0.3, -0.25) is 0 Å². The highest BCUT2D eigenvalue weighted by Crippen LogP contribution is 2.15. The van der Waals surface area contributed by atoms with Crippen molar-refractivity contribution >= 4 is 11.5 Å². The lowest BCUT2D eigenvalue weighted by Crippen LogP contribution is -2.14. The molecule has 0 spiro atoms. The number of nitrogens with zero attached hydrogens (tertiary/aromatic N) is 2. The third kappa shape index (κ3) is 2.87. The van der Waals surface area contributed by atoms with E-state index < -0.39 is 0 Å². The van der Waals surface area contributed by atoms with Crippen molar-refractivity contribution in [2.24, 2.45) is 11.8 Å². The van der Waals surface area contributed by atoms with Crippen LogP contribution in [0.25, 0.3) is 0 Å². The van der Waals surface area contributed by atoms with Gasteiger partial charge in [0.15, 0.2) is 5.82 Å². The fourth-order valence-electron chi connectivity index (χ4n) is 0.895. The summed E-state index contributed by atoms with van der Waals surface area (Å²) in [4.78, 5) is 0. The summed E-state index contributed by atoms with van der Waals surface area (Å²) >= 11 is 0. The molecule has 0 saturated carbocycles. The lowest BCUT2D eigenvalue weighted by atomic mass is 10.2. The monoisotopic (exact) mass is 181 g/mol. The van der Waals surface area contributed by atoms with Gasteiger partial charge in [0.2, 0.25) is 0 Å². The highest BCUT2D eigenvalue weighted by molar-refractivity contribution is 5.62. The molecule has 0 radical (unpaired) electrons. The van der Waals surface area contributed by atoms with Crippen LogP contribution < -0.4 is 16.6 Å². The SMILES string of the molecule is CC(C)CNc1ccnnc1NN. The second-order valence-corrected chi connectivity index (χ2v) is 3.21. The zero-order valence-electron chi connectivity index (χ0n) is 7.91. The Morgan fingerprint density at radius 2 is 2.31 bits per heavy atom. The van der Waals surface area contributed by atoms with Gasteiger partial charge < -0.3 is 10.7 Å². The Hall–Kier alpha value is -1.36. The first-order chi connectivity index (χ1) is 6.24. The molecule has 0 aliphatic carbocycles. The normalized spacial score (nSPS) is 10.2. The molecule has 4 N–H and O–H groups in total. The zero-order chi connectivity index (χ0) is 9.68.